The van der Waals surface area contributed by atoms with Crippen LogP contribution in [0.2, 0.25) is 0 Å². The van der Waals surface area contributed by atoms with E-state index < -0.39 is 5.54 Å². The molecule has 1 heterocycles. The number of anilines is 1. The minimum atomic E-state index is -0.791. The van der Waals surface area contributed by atoms with Crippen LogP contribution in [0.4, 0.5) is 5.82 Å². The molecule has 5 nitrogen and oxygen atoms in total. The third-order valence-electron chi connectivity index (χ3n) is 3.32. The molecule has 0 aliphatic carbocycles. The Hall–Kier alpha value is -2.17. The highest BCUT2D eigenvalue weighted by atomic mass is 16.5. The molecular formula is C15H19N3O2. The Morgan fingerprint density at radius 1 is 1.35 bits per heavy atom. The number of ether oxygens (including phenoxy) is 1. The van der Waals surface area contributed by atoms with Gasteiger partial charge in [0.05, 0.1) is 12.6 Å². The van der Waals surface area contributed by atoms with E-state index in [1.54, 1.807) is 0 Å². The van der Waals surface area contributed by atoms with Gasteiger partial charge in [-0.1, -0.05) is 25.5 Å². The normalized spacial score (nSPS) is 13.8. The smallest absolute Gasteiger partial charge is 0.331 e. The number of esters is 1. The number of nitrogens with one attached hydrogen (secondary N) is 1. The van der Waals surface area contributed by atoms with E-state index >= 15 is 0 Å². The van der Waals surface area contributed by atoms with Crippen molar-refractivity contribution in [2.75, 3.05) is 12.4 Å². The molecule has 5 heteroatoms. The number of hydrogen-bond donors (Lipinski definition) is 1. The predicted octanol–water partition coefficient (Wildman–Crippen LogP) is 2.77. The molecule has 0 amide bonds. The lowest BCUT2D eigenvalue weighted by atomic mass is 9.96. The van der Waals surface area contributed by atoms with E-state index in [1.807, 2.05) is 38.1 Å². The highest BCUT2D eigenvalue weighted by Crippen LogP contribution is 2.25. The first kappa shape index (κ1) is 14.2. The first-order chi connectivity index (χ1) is 9.60. The number of aromatic nitrogens is 2. The van der Waals surface area contributed by atoms with Crippen LogP contribution in [0.25, 0.3) is 10.9 Å². The van der Waals surface area contributed by atoms with Gasteiger partial charge in [0.15, 0.2) is 0 Å². The van der Waals surface area contributed by atoms with E-state index in [0.29, 0.717) is 12.2 Å². The number of hydrogen-bond acceptors (Lipinski definition) is 5. The minimum Gasteiger partial charge on any atom is -0.467 e. The van der Waals surface area contributed by atoms with Gasteiger partial charge in [-0.05, 0) is 25.5 Å². The number of fused-ring (bicyclic) bond motifs is 1. The highest BCUT2D eigenvalue weighted by molar-refractivity contribution is 5.92. The topological polar surface area (TPSA) is 64.1 Å². The molecule has 0 bridgehead atoms. The standard InChI is InChI=1S/C15H19N3O2/c1-4-9-15(2,14(19)20-3)18-13-11-7-5-6-8-12(11)16-10-17-13/h5-8,10H,4,9H2,1-3H3,(H,16,17,18). The van der Waals surface area contributed by atoms with E-state index in [9.17, 15) is 4.79 Å². The summed E-state index contributed by atoms with van der Waals surface area (Å²) in [6.45, 7) is 3.86. The van der Waals surface area contributed by atoms with Gasteiger partial charge in [0.2, 0.25) is 0 Å². The second-order valence-electron chi connectivity index (χ2n) is 4.94. The molecule has 0 saturated heterocycles. The molecule has 1 aromatic carbocycles. The molecule has 0 radical (unpaired) electrons. The summed E-state index contributed by atoms with van der Waals surface area (Å²) >= 11 is 0. The highest BCUT2D eigenvalue weighted by Gasteiger charge is 2.34. The number of para-hydroxylation sites is 1. The van der Waals surface area contributed by atoms with E-state index in [2.05, 4.69) is 15.3 Å². The minimum absolute atomic E-state index is 0.290. The Morgan fingerprint density at radius 2 is 2.10 bits per heavy atom. The van der Waals surface area contributed by atoms with Crippen LogP contribution in [-0.2, 0) is 9.53 Å². The van der Waals surface area contributed by atoms with E-state index in [4.69, 9.17) is 4.74 Å². The Bertz CT molecular complexity index is 610. The summed E-state index contributed by atoms with van der Waals surface area (Å²) in [6.07, 6.45) is 3.02. The summed E-state index contributed by atoms with van der Waals surface area (Å²) < 4.78 is 4.91. The SMILES string of the molecule is CCCC(C)(Nc1ncnc2ccccc12)C(=O)OC. The Kier molecular flexibility index (Phi) is 4.17. The number of carbonyl (C=O) groups excluding carboxylic acids is 1. The van der Waals surface area contributed by atoms with Crippen molar-refractivity contribution in [3.05, 3.63) is 30.6 Å². The number of carbonyl (C=O) groups is 1. The maximum atomic E-state index is 12.0. The second-order valence-corrected chi connectivity index (χ2v) is 4.94. The Balaban J connectivity index is 2.41. The van der Waals surface area contributed by atoms with Gasteiger partial charge in [0, 0.05) is 5.39 Å². The average molecular weight is 273 g/mol. The van der Waals surface area contributed by atoms with Crippen LogP contribution in [0.5, 0.6) is 0 Å². The number of nitrogens with zero attached hydrogens (tertiary/aromatic N) is 2. The molecule has 2 rings (SSSR count). The molecule has 0 fully saturated rings. The quantitative estimate of drug-likeness (QED) is 0.849. The van der Waals surface area contributed by atoms with E-state index in [-0.39, 0.29) is 5.97 Å². The summed E-state index contributed by atoms with van der Waals surface area (Å²) in [5.74, 6) is 0.360. The monoisotopic (exact) mass is 273 g/mol. The summed E-state index contributed by atoms with van der Waals surface area (Å²) in [5.41, 5.74) is 0.0504. The molecular weight excluding hydrogens is 254 g/mol. The van der Waals surface area contributed by atoms with Crippen molar-refractivity contribution in [2.24, 2.45) is 0 Å². The fourth-order valence-electron chi connectivity index (χ4n) is 2.31. The largest absolute Gasteiger partial charge is 0.467 e. The van der Waals surface area contributed by atoms with Gasteiger partial charge in [-0.3, -0.25) is 0 Å². The number of rotatable bonds is 5. The van der Waals surface area contributed by atoms with E-state index in [1.165, 1.54) is 13.4 Å². The van der Waals surface area contributed by atoms with Crippen molar-refractivity contribution in [3.8, 4) is 0 Å². The Morgan fingerprint density at radius 3 is 2.80 bits per heavy atom. The zero-order valence-corrected chi connectivity index (χ0v) is 12.0. The van der Waals surface area contributed by atoms with Gasteiger partial charge < -0.3 is 10.1 Å². The van der Waals surface area contributed by atoms with Gasteiger partial charge in [-0.2, -0.15) is 0 Å². The molecule has 0 spiro atoms. The fourth-order valence-corrected chi connectivity index (χ4v) is 2.31. The van der Waals surface area contributed by atoms with Crippen LogP contribution >= 0.6 is 0 Å². The Labute approximate surface area is 118 Å². The summed E-state index contributed by atoms with van der Waals surface area (Å²) in [7, 11) is 1.40. The lowest BCUT2D eigenvalue weighted by molar-refractivity contribution is -0.145. The third kappa shape index (κ3) is 2.71. The molecule has 1 atom stereocenters. The average Bonchev–Trinajstić information content (AvgIpc) is 2.47. The van der Waals surface area contributed by atoms with Crippen molar-refractivity contribution >= 4 is 22.7 Å². The maximum Gasteiger partial charge on any atom is 0.331 e. The van der Waals surface area contributed by atoms with Gasteiger partial charge in [-0.25, -0.2) is 14.8 Å². The van der Waals surface area contributed by atoms with Crippen molar-refractivity contribution in [1.82, 2.24) is 9.97 Å². The zero-order valence-electron chi connectivity index (χ0n) is 12.0. The number of benzene rings is 1. The molecule has 0 aliphatic heterocycles. The van der Waals surface area contributed by atoms with E-state index in [0.717, 1.165) is 17.3 Å². The van der Waals surface area contributed by atoms with Crippen LogP contribution in [0, 0.1) is 0 Å². The lowest BCUT2D eigenvalue weighted by Crippen LogP contribution is -2.44. The van der Waals surface area contributed by atoms with Crippen LogP contribution in [0.1, 0.15) is 26.7 Å². The maximum absolute atomic E-state index is 12.0. The first-order valence-electron chi connectivity index (χ1n) is 6.67. The number of methoxy groups -OCH3 is 1. The molecule has 2 aromatic rings. The van der Waals surface area contributed by atoms with Crippen LogP contribution in [-0.4, -0.2) is 28.6 Å². The van der Waals surface area contributed by atoms with Crippen molar-refractivity contribution in [3.63, 3.8) is 0 Å². The lowest BCUT2D eigenvalue weighted by Gasteiger charge is -2.28. The molecule has 0 saturated carbocycles. The van der Waals surface area contributed by atoms with Gasteiger partial charge in [-0.15, -0.1) is 0 Å². The van der Waals surface area contributed by atoms with Crippen molar-refractivity contribution in [2.45, 2.75) is 32.2 Å². The molecule has 1 aromatic heterocycles. The third-order valence-corrected chi connectivity index (χ3v) is 3.32. The van der Waals surface area contributed by atoms with Crippen molar-refractivity contribution in [1.29, 1.82) is 0 Å². The summed E-state index contributed by atoms with van der Waals surface area (Å²) in [6, 6.07) is 7.69. The fraction of sp³-hybridized carbons (Fsp3) is 0.400. The van der Waals surface area contributed by atoms with Gasteiger partial charge >= 0.3 is 5.97 Å². The van der Waals surface area contributed by atoms with Crippen LogP contribution < -0.4 is 5.32 Å². The first-order valence-corrected chi connectivity index (χ1v) is 6.67. The molecule has 0 aliphatic rings. The summed E-state index contributed by atoms with van der Waals surface area (Å²) in [4.78, 5) is 20.5. The molecule has 106 valence electrons. The van der Waals surface area contributed by atoms with Crippen LogP contribution in [0.15, 0.2) is 30.6 Å². The van der Waals surface area contributed by atoms with Gasteiger partial charge in [0.1, 0.15) is 17.7 Å². The van der Waals surface area contributed by atoms with Crippen molar-refractivity contribution < 1.29 is 9.53 Å². The molecule has 20 heavy (non-hydrogen) atoms. The van der Waals surface area contributed by atoms with Gasteiger partial charge in [0.25, 0.3) is 0 Å². The predicted molar refractivity (Wildman–Crippen MR) is 78.5 cm³/mol. The summed E-state index contributed by atoms with van der Waals surface area (Å²) in [5, 5.41) is 4.11. The zero-order chi connectivity index (χ0) is 14.6. The second kappa shape index (κ2) is 5.86. The molecule has 1 unspecified atom stereocenters. The molecule has 1 N–H and O–H groups in total. The van der Waals surface area contributed by atoms with Crippen LogP contribution in [0.3, 0.4) is 0 Å².